The number of anilines is 1. The van der Waals surface area contributed by atoms with Gasteiger partial charge in [-0.3, -0.25) is 4.79 Å². The molecule has 8 nitrogen and oxygen atoms in total. The van der Waals surface area contributed by atoms with Gasteiger partial charge in [-0.05, 0) is 19.8 Å². The second kappa shape index (κ2) is 7.92. The normalized spacial score (nSPS) is 15.1. The molecule has 4 rings (SSSR count). The van der Waals surface area contributed by atoms with Crippen molar-refractivity contribution in [2.24, 2.45) is 5.92 Å². The first-order chi connectivity index (χ1) is 13.7. The summed E-state index contributed by atoms with van der Waals surface area (Å²) in [5, 5.41) is 18.9. The summed E-state index contributed by atoms with van der Waals surface area (Å²) < 4.78 is 10.8. The van der Waals surface area contributed by atoms with Gasteiger partial charge in [0.1, 0.15) is 0 Å². The Bertz CT molecular complexity index is 979. The lowest BCUT2D eigenvalue weighted by Crippen LogP contribution is -2.37. The Morgan fingerprint density at radius 1 is 1.11 bits per heavy atom. The largest absolute Gasteiger partial charge is 0.466 e. The average molecular weight is 381 g/mol. The smallest absolute Gasteiger partial charge is 0.309 e. The number of benzene rings is 1. The van der Waals surface area contributed by atoms with Crippen LogP contribution in [0.25, 0.3) is 22.4 Å². The molecule has 0 bridgehead atoms. The van der Waals surface area contributed by atoms with E-state index in [2.05, 4.69) is 25.3 Å². The van der Waals surface area contributed by atoms with E-state index in [-0.39, 0.29) is 11.9 Å². The van der Waals surface area contributed by atoms with Crippen molar-refractivity contribution in [1.82, 2.24) is 20.4 Å². The molecule has 0 N–H and O–H groups in total. The van der Waals surface area contributed by atoms with Crippen LogP contribution in [0.5, 0.6) is 0 Å². The highest BCUT2D eigenvalue weighted by molar-refractivity contribution is 5.99. The number of hydrogen-bond acceptors (Lipinski definition) is 8. The minimum atomic E-state index is -0.100. The van der Waals surface area contributed by atoms with Crippen LogP contribution in [0.4, 0.5) is 5.82 Å². The summed E-state index contributed by atoms with van der Waals surface area (Å²) in [6.07, 6.45) is 2.17. The van der Waals surface area contributed by atoms with Gasteiger partial charge in [0.2, 0.25) is 5.89 Å². The highest BCUT2D eigenvalue weighted by Gasteiger charge is 2.28. The molecule has 0 aliphatic carbocycles. The molecule has 28 heavy (non-hydrogen) atoms. The topological polar surface area (TPSA) is 94.2 Å². The van der Waals surface area contributed by atoms with Crippen LogP contribution >= 0.6 is 0 Å². The van der Waals surface area contributed by atoms with Gasteiger partial charge in [0.05, 0.1) is 12.5 Å². The molecule has 0 saturated carbocycles. The molecule has 8 heteroatoms. The van der Waals surface area contributed by atoms with Crippen LogP contribution in [0.2, 0.25) is 0 Å². The van der Waals surface area contributed by atoms with Crippen LogP contribution in [0.3, 0.4) is 0 Å². The number of carbonyl (C=O) groups excluding carboxylic acids is 1. The van der Waals surface area contributed by atoms with E-state index in [1.807, 2.05) is 38.1 Å². The molecule has 0 radical (unpaired) electrons. The summed E-state index contributed by atoms with van der Waals surface area (Å²) in [5.41, 5.74) is 0.591. The first-order valence-corrected chi connectivity index (χ1v) is 9.71. The van der Waals surface area contributed by atoms with Crippen molar-refractivity contribution in [2.75, 3.05) is 24.6 Å². The number of carbonyl (C=O) groups is 1. The van der Waals surface area contributed by atoms with E-state index in [9.17, 15) is 4.79 Å². The molecule has 1 aromatic carbocycles. The molecule has 1 fully saturated rings. The number of aromatic nitrogens is 4. The standard InChI is InChI=1S/C20H23N5O3/c1-3-16-21-24-19(28-16)17-14-7-5-6-8-15(14)18(23-22-17)25-11-9-13(10-12-25)20(26)27-4-2/h5-8,13H,3-4,9-12H2,1-2H3. The van der Waals surface area contributed by atoms with Crippen LogP contribution in [0, 0.1) is 5.92 Å². The lowest BCUT2D eigenvalue weighted by atomic mass is 9.96. The Kier molecular flexibility index (Phi) is 5.18. The third kappa shape index (κ3) is 3.42. The highest BCUT2D eigenvalue weighted by atomic mass is 16.5. The molecular formula is C20H23N5O3. The zero-order valence-electron chi connectivity index (χ0n) is 16.1. The zero-order valence-corrected chi connectivity index (χ0v) is 16.1. The Morgan fingerprint density at radius 3 is 2.54 bits per heavy atom. The molecule has 3 aromatic rings. The number of ether oxygens (including phenoxy) is 1. The maximum Gasteiger partial charge on any atom is 0.309 e. The first-order valence-electron chi connectivity index (χ1n) is 9.71. The summed E-state index contributed by atoms with van der Waals surface area (Å²) in [5.74, 6) is 1.63. The van der Waals surface area contributed by atoms with Crippen LogP contribution in [-0.2, 0) is 16.0 Å². The quantitative estimate of drug-likeness (QED) is 0.623. The molecular weight excluding hydrogens is 358 g/mol. The van der Waals surface area contributed by atoms with Crippen molar-refractivity contribution in [3.05, 3.63) is 30.2 Å². The Labute approximate surface area is 162 Å². The molecule has 2 aromatic heterocycles. The number of aryl methyl sites for hydroxylation is 1. The van der Waals surface area contributed by atoms with Crippen LogP contribution in [0.15, 0.2) is 28.7 Å². The van der Waals surface area contributed by atoms with Crippen molar-refractivity contribution in [3.8, 4) is 11.6 Å². The number of esters is 1. The SMILES string of the molecule is CCOC(=O)C1CCN(c2nnc(-c3nnc(CC)o3)c3ccccc23)CC1. The minimum Gasteiger partial charge on any atom is -0.466 e. The van der Waals surface area contributed by atoms with Gasteiger partial charge in [-0.2, -0.15) is 0 Å². The summed E-state index contributed by atoms with van der Waals surface area (Å²) >= 11 is 0. The minimum absolute atomic E-state index is 0.0412. The fourth-order valence-corrected chi connectivity index (χ4v) is 3.56. The predicted octanol–water partition coefficient (Wildman–Crippen LogP) is 3.02. The lowest BCUT2D eigenvalue weighted by molar-refractivity contribution is -0.148. The molecule has 0 spiro atoms. The second-order valence-electron chi connectivity index (χ2n) is 6.79. The number of nitrogens with zero attached hydrogens (tertiary/aromatic N) is 5. The van der Waals surface area contributed by atoms with Crippen molar-refractivity contribution in [3.63, 3.8) is 0 Å². The van der Waals surface area contributed by atoms with Crippen molar-refractivity contribution in [2.45, 2.75) is 33.1 Å². The summed E-state index contributed by atoms with van der Waals surface area (Å²) in [7, 11) is 0. The van der Waals surface area contributed by atoms with E-state index >= 15 is 0 Å². The highest BCUT2D eigenvalue weighted by Crippen LogP contribution is 2.32. The van der Waals surface area contributed by atoms with Gasteiger partial charge in [-0.25, -0.2) is 0 Å². The van der Waals surface area contributed by atoms with Gasteiger partial charge in [0.15, 0.2) is 11.5 Å². The number of fused-ring (bicyclic) bond motifs is 1. The van der Waals surface area contributed by atoms with E-state index in [1.54, 1.807) is 0 Å². The predicted molar refractivity (Wildman–Crippen MR) is 104 cm³/mol. The fraction of sp³-hybridized carbons (Fsp3) is 0.450. The summed E-state index contributed by atoms with van der Waals surface area (Å²) in [6.45, 7) is 5.70. The Hall–Kier alpha value is -3.03. The summed E-state index contributed by atoms with van der Waals surface area (Å²) in [4.78, 5) is 14.2. The molecule has 1 saturated heterocycles. The number of hydrogen-bond donors (Lipinski definition) is 0. The fourth-order valence-electron chi connectivity index (χ4n) is 3.56. The monoisotopic (exact) mass is 381 g/mol. The molecule has 0 amide bonds. The second-order valence-corrected chi connectivity index (χ2v) is 6.79. The Balaban J connectivity index is 1.63. The number of piperidine rings is 1. The lowest BCUT2D eigenvalue weighted by Gasteiger charge is -2.32. The molecule has 1 aliphatic heterocycles. The maximum absolute atomic E-state index is 12.0. The van der Waals surface area contributed by atoms with Crippen LogP contribution in [-0.4, -0.2) is 46.1 Å². The van der Waals surface area contributed by atoms with Gasteiger partial charge in [0, 0.05) is 30.3 Å². The van der Waals surface area contributed by atoms with Crippen molar-refractivity contribution >= 4 is 22.6 Å². The van der Waals surface area contributed by atoms with E-state index < -0.39 is 0 Å². The van der Waals surface area contributed by atoms with Crippen LogP contribution < -0.4 is 4.90 Å². The zero-order chi connectivity index (χ0) is 19.5. The molecule has 0 atom stereocenters. The van der Waals surface area contributed by atoms with Gasteiger partial charge < -0.3 is 14.1 Å². The Morgan fingerprint density at radius 2 is 1.86 bits per heavy atom. The molecule has 1 aliphatic rings. The van der Waals surface area contributed by atoms with Crippen molar-refractivity contribution < 1.29 is 13.9 Å². The third-order valence-electron chi connectivity index (χ3n) is 5.05. The van der Waals surface area contributed by atoms with E-state index in [0.717, 1.165) is 42.5 Å². The van der Waals surface area contributed by atoms with Gasteiger partial charge in [-0.15, -0.1) is 20.4 Å². The third-order valence-corrected chi connectivity index (χ3v) is 5.05. The first kappa shape index (κ1) is 18.3. The average Bonchev–Trinajstić information content (AvgIpc) is 3.22. The van der Waals surface area contributed by atoms with E-state index in [0.29, 0.717) is 30.5 Å². The molecule has 3 heterocycles. The van der Waals surface area contributed by atoms with Crippen molar-refractivity contribution in [1.29, 1.82) is 0 Å². The van der Waals surface area contributed by atoms with E-state index in [1.165, 1.54) is 0 Å². The maximum atomic E-state index is 12.0. The molecule has 0 unspecified atom stereocenters. The van der Waals surface area contributed by atoms with Crippen LogP contribution in [0.1, 0.15) is 32.6 Å². The van der Waals surface area contributed by atoms with Gasteiger partial charge in [-0.1, -0.05) is 31.2 Å². The molecule has 146 valence electrons. The number of rotatable bonds is 5. The van der Waals surface area contributed by atoms with E-state index in [4.69, 9.17) is 9.15 Å². The summed E-state index contributed by atoms with van der Waals surface area (Å²) in [6, 6.07) is 7.96. The van der Waals surface area contributed by atoms with Gasteiger partial charge >= 0.3 is 5.97 Å². The van der Waals surface area contributed by atoms with Gasteiger partial charge in [0.25, 0.3) is 5.89 Å².